The molecule has 1 N–H and O–H groups in total. The van der Waals surface area contributed by atoms with Crippen LogP contribution in [0.4, 0.5) is 0 Å². The molecule has 1 unspecified atom stereocenters. The summed E-state index contributed by atoms with van der Waals surface area (Å²) in [5.74, 6) is 0.842. The van der Waals surface area contributed by atoms with Gasteiger partial charge in [-0.15, -0.1) is 0 Å². The van der Waals surface area contributed by atoms with Crippen molar-refractivity contribution in [2.45, 2.75) is 13.0 Å². The first-order valence-electron chi connectivity index (χ1n) is 4.22. The maximum Gasteiger partial charge on any atom is 0.118 e. The monoisotopic (exact) mass is 178 g/mol. The fourth-order valence-electron chi connectivity index (χ4n) is 0.965. The molecule has 0 spiro atoms. The molecule has 2 heteroatoms. The number of hydrogen-bond acceptors (Lipinski definition) is 2. The topological polar surface area (TPSA) is 29.5 Å². The molecule has 0 saturated carbocycles. The third-order valence-corrected chi connectivity index (χ3v) is 1.68. The van der Waals surface area contributed by atoms with Crippen LogP contribution >= 0.6 is 0 Å². The molecule has 0 amide bonds. The largest absolute Gasteiger partial charge is 0.497 e. The van der Waals surface area contributed by atoms with Crippen LogP contribution in [0.25, 0.3) is 6.08 Å². The Balaban J connectivity index is 2.69. The molecule has 0 fully saturated rings. The summed E-state index contributed by atoms with van der Waals surface area (Å²) in [6.07, 6.45) is 3.22. The molecule has 0 aliphatic heterocycles. The minimum absolute atomic E-state index is 0.401. The highest BCUT2D eigenvalue weighted by atomic mass is 16.5. The molecule has 1 aromatic carbocycles. The van der Waals surface area contributed by atoms with Crippen molar-refractivity contribution >= 4 is 6.08 Å². The van der Waals surface area contributed by atoms with Crippen LogP contribution in [0.2, 0.25) is 0 Å². The molecule has 0 aliphatic rings. The van der Waals surface area contributed by atoms with Gasteiger partial charge in [-0.1, -0.05) is 24.3 Å². The lowest BCUT2D eigenvalue weighted by Gasteiger charge is -1.99. The van der Waals surface area contributed by atoms with Crippen LogP contribution in [0.5, 0.6) is 5.75 Å². The van der Waals surface area contributed by atoms with Gasteiger partial charge in [-0.3, -0.25) is 0 Å². The molecule has 0 aliphatic carbocycles. The van der Waals surface area contributed by atoms with Crippen LogP contribution in [0.15, 0.2) is 30.3 Å². The van der Waals surface area contributed by atoms with E-state index in [-0.39, 0.29) is 0 Å². The summed E-state index contributed by atoms with van der Waals surface area (Å²) in [4.78, 5) is 0. The summed E-state index contributed by atoms with van der Waals surface area (Å²) < 4.78 is 5.02. The van der Waals surface area contributed by atoms with Gasteiger partial charge in [-0.2, -0.15) is 0 Å². The number of benzene rings is 1. The number of ether oxygens (including phenoxy) is 1. The Morgan fingerprint density at radius 3 is 2.38 bits per heavy atom. The molecule has 0 saturated heterocycles. The van der Waals surface area contributed by atoms with E-state index in [9.17, 15) is 0 Å². The highest BCUT2D eigenvalue weighted by molar-refractivity contribution is 5.50. The van der Waals surface area contributed by atoms with Gasteiger partial charge in [0.1, 0.15) is 5.75 Å². The van der Waals surface area contributed by atoms with Gasteiger partial charge in [0.15, 0.2) is 0 Å². The Morgan fingerprint density at radius 1 is 1.31 bits per heavy atom. The molecule has 1 atom stereocenters. The summed E-state index contributed by atoms with van der Waals surface area (Å²) in [6.45, 7) is 1.72. The molecule has 1 aromatic rings. The summed E-state index contributed by atoms with van der Waals surface area (Å²) in [6, 6.07) is 7.67. The summed E-state index contributed by atoms with van der Waals surface area (Å²) in [5, 5.41) is 9.00. The Morgan fingerprint density at radius 2 is 1.92 bits per heavy atom. The van der Waals surface area contributed by atoms with Crippen LogP contribution in [0.1, 0.15) is 12.5 Å². The van der Waals surface area contributed by atoms with Gasteiger partial charge in [0, 0.05) is 0 Å². The number of methoxy groups -OCH3 is 1. The number of aliphatic hydroxyl groups is 1. The zero-order chi connectivity index (χ0) is 9.68. The van der Waals surface area contributed by atoms with E-state index >= 15 is 0 Å². The minimum Gasteiger partial charge on any atom is -0.497 e. The maximum atomic E-state index is 9.00. The minimum atomic E-state index is -0.401. The van der Waals surface area contributed by atoms with Crippen molar-refractivity contribution in [1.82, 2.24) is 0 Å². The SMILES string of the molecule is COc1ccc(/C=C\C(C)O)cc1. The highest BCUT2D eigenvalue weighted by Crippen LogP contribution is 2.12. The first kappa shape index (κ1) is 9.81. The van der Waals surface area contributed by atoms with Gasteiger partial charge in [0.2, 0.25) is 0 Å². The lowest BCUT2D eigenvalue weighted by atomic mass is 10.2. The van der Waals surface area contributed by atoms with E-state index in [1.54, 1.807) is 20.1 Å². The molecule has 13 heavy (non-hydrogen) atoms. The lowest BCUT2D eigenvalue weighted by molar-refractivity contribution is 0.245. The average Bonchev–Trinajstić information content (AvgIpc) is 2.15. The van der Waals surface area contributed by atoms with Crippen molar-refractivity contribution < 1.29 is 9.84 Å². The second kappa shape index (κ2) is 4.67. The van der Waals surface area contributed by atoms with Crippen LogP contribution in [0, 0.1) is 0 Å². The molecule has 70 valence electrons. The highest BCUT2D eigenvalue weighted by Gasteiger charge is 1.90. The van der Waals surface area contributed by atoms with E-state index in [4.69, 9.17) is 9.84 Å². The van der Waals surface area contributed by atoms with Crippen molar-refractivity contribution in [3.63, 3.8) is 0 Å². The number of aliphatic hydroxyl groups excluding tert-OH is 1. The molecule has 1 rings (SSSR count). The van der Waals surface area contributed by atoms with Crippen molar-refractivity contribution in [3.8, 4) is 5.75 Å². The molecule has 2 nitrogen and oxygen atoms in total. The quantitative estimate of drug-likeness (QED) is 0.768. The molecule has 0 bridgehead atoms. The second-order valence-electron chi connectivity index (χ2n) is 2.87. The average molecular weight is 178 g/mol. The van der Waals surface area contributed by atoms with Crippen molar-refractivity contribution in [2.75, 3.05) is 7.11 Å². The van der Waals surface area contributed by atoms with E-state index in [1.165, 1.54) is 0 Å². The van der Waals surface area contributed by atoms with Crippen LogP contribution in [0.3, 0.4) is 0 Å². The number of rotatable bonds is 3. The third kappa shape index (κ3) is 3.30. The zero-order valence-electron chi connectivity index (χ0n) is 7.90. The van der Waals surface area contributed by atoms with Gasteiger partial charge in [0.05, 0.1) is 13.2 Å². The van der Waals surface area contributed by atoms with E-state index in [0.29, 0.717) is 0 Å². The fourth-order valence-corrected chi connectivity index (χ4v) is 0.965. The van der Waals surface area contributed by atoms with Crippen LogP contribution < -0.4 is 4.74 Å². The Labute approximate surface area is 78.5 Å². The molecule has 0 heterocycles. The van der Waals surface area contributed by atoms with Gasteiger partial charge in [-0.05, 0) is 24.6 Å². The zero-order valence-corrected chi connectivity index (χ0v) is 7.90. The summed E-state index contributed by atoms with van der Waals surface area (Å²) >= 11 is 0. The van der Waals surface area contributed by atoms with E-state index in [0.717, 1.165) is 11.3 Å². The predicted octanol–water partition coefficient (Wildman–Crippen LogP) is 2.09. The molecular formula is C11H14O2. The molecule has 0 aromatic heterocycles. The smallest absolute Gasteiger partial charge is 0.118 e. The first-order valence-corrected chi connectivity index (χ1v) is 4.22. The van der Waals surface area contributed by atoms with Crippen LogP contribution in [-0.2, 0) is 0 Å². The second-order valence-corrected chi connectivity index (χ2v) is 2.87. The summed E-state index contributed by atoms with van der Waals surface area (Å²) in [5.41, 5.74) is 1.06. The first-order chi connectivity index (χ1) is 6.22. The Kier molecular flexibility index (Phi) is 3.53. The van der Waals surface area contributed by atoms with E-state index in [2.05, 4.69) is 0 Å². The lowest BCUT2D eigenvalue weighted by Crippen LogP contribution is -1.91. The van der Waals surface area contributed by atoms with Crippen LogP contribution in [-0.4, -0.2) is 18.3 Å². The van der Waals surface area contributed by atoms with Gasteiger partial charge >= 0.3 is 0 Å². The molecule has 0 radical (unpaired) electrons. The van der Waals surface area contributed by atoms with Crippen molar-refractivity contribution in [1.29, 1.82) is 0 Å². The normalized spacial score (nSPS) is 13.2. The summed E-state index contributed by atoms with van der Waals surface area (Å²) in [7, 11) is 1.64. The Hall–Kier alpha value is -1.28. The van der Waals surface area contributed by atoms with Gasteiger partial charge in [0.25, 0.3) is 0 Å². The van der Waals surface area contributed by atoms with E-state index < -0.39 is 6.10 Å². The maximum absolute atomic E-state index is 9.00. The fraction of sp³-hybridized carbons (Fsp3) is 0.273. The molecular weight excluding hydrogens is 164 g/mol. The van der Waals surface area contributed by atoms with E-state index in [1.807, 2.05) is 30.3 Å². The third-order valence-electron chi connectivity index (χ3n) is 1.68. The van der Waals surface area contributed by atoms with Crippen molar-refractivity contribution in [2.24, 2.45) is 0 Å². The predicted molar refractivity (Wildman–Crippen MR) is 53.7 cm³/mol. The van der Waals surface area contributed by atoms with Crippen molar-refractivity contribution in [3.05, 3.63) is 35.9 Å². The van der Waals surface area contributed by atoms with Gasteiger partial charge in [-0.25, -0.2) is 0 Å². The Bertz CT molecular complexity index is 273. The van der Waals surface area contributed by atoms with Gasteiger partial charge < -0.3 is 9.84 Å². The number of hydrogen-bond donors (Lipinski definition) is 1. The standard InChI is InChI=1S/C11H14O2/c1-9(12)3-4-10-5-7-11(13-2)8-6-10/h3-9,12H,1-2H3/b4-3-.